The second-order valence-corrected chi connectivity index (χ2v) is 6.77. The Bertz CT molecular complexity index is 708. The second kappa shape index (κ2) is 5.19. The summed E-state index contributed by atoms with van der Waals surface area (Å²) >= 11 is 7.49. The second-order valence-electron chi connectivity index (χ2n) is 5.38. The first-order valence-corrected chi connectivity index (χ1v) is 8.26. The van der Waals surface area contributed by atoms with E-state index in [4.69, 9.17) is 16.3 Å². The molecule has 1 saturated carbocycles. The summed E-state index contributed by atoms with van der Waals surface area (Å²) in [5, 5.41) is 0.271. The number of hydrogen-bond donors (Lipinski definition) is 0. The van der Waals surface area contributed by atoms with E-state index < -0.39 is 0 Å². The zero-order valence-corrected chi connectivity index (χ0v) is 12.9. The molecule has 2 aromatic heterocycles. The zero-order valence-electron chi connectivity index (χ0n) is 11.3. The molecule has 0 bridgehead atoms. The van der Waals surface area contributed by atoms with Gasteiger partial charge in [-0.2, -0.15) is 0 Å². The number of carbonyl (C=O) groups excluding carboxylic acids is 1. The average molecular weight is 324 g/mol. The zero-order chi connectivity index (χ0) is 14.4. The Labute approximate surface area is 130 Å². The van der Waals surface area contributed by atoms with Crippen LogP contribution in [0.25, 0.3) is 10.2 Å². The number of halogens is 1. The van der Waals surface area contributed by atoms with Crippen molar-refractivity contribution in [1.82, 2.24) is 14.9 Å². The molecular weight excluding hydrogens is 310 g/mol. The van der Waals surface area contributed by atoms with Gasteiger partial charge in [0, 0.05) is 19.0 Å². The molecule has 1 aliphatic carbocycles. The Morgan fingerprint density at radius 3 is 2.81 bits per heavy atom. The Balaban J connectivity index is 1.72. The SMILES string of the molecule is O=C(c1cc2nc(Cl)nc(C3CC3)c2s1)N1CCOCC1. The summed E-state index contributed by atoms with van der Waals surface area (Å²) in [6.07, 6.45) is 2.29. The molecule has 0 N–H and O–H groups in total. The molecule has 2 aromatic rings. The van der Waals surface area contributed by atoms with Crippen molar-refractivity contribution in [3.63, 3.8) is 0 Å². The maximum absolute atomic E-state index is 12.6. The van der Waals surface area contributed by atoms with Crippen LogP contribution in [-0.4, -0.2) is 47.1 Å². The molecule has 1 amide bonds. The molecule has 2 fully saturated rings. The summed E-state index contributed by atoms with van der Waals surface area (Å²) in [6, 6.07) is 1.84. The van der Waals surface area contributed by atoms with Crippen LogP contribution in [0.5, 0.6) is 0 Å². The molecule has 0 atom stereocenters. The van der Waals surface area contributed by atoms with Crippen LogP contribution in [0.3, 0.4) is 0 Å². The standard InChI is InChI=1S/C14H14ClN3O2S/c15-14-16-9-7-10(13(19)18-3-5-20-6-4-18)21-12(9)11(17-14)8-1-2-8/h7-8H,1-6H2. The summed E-state index contributed by atoms with van der Waals surface area (Å²) in [5.41, 5.74) is 1.80. The van der Waals surface area contributed by atoms with E-state index in [1.54, 1.807) is 0 Å². The third kappa shape index (κ3) is 2.52. The summed E-state index contributed by atoms with van der Waals surface area (Å²) in [7, 11) is 0. The van der Waals surface area contributed by atoms with Crippen molar-refractivity contribution in [3.05, 3.63) is 21.9 Å². The van der Waals surface area contributed by atoms with E-state index in [9.17, 15) is 4.79 Å². The van der Waals surface area contributed by atoms with Gasteiger partial charge in [-0.25, -0.2) is 9.97 Å². The van der Waals surface area contributed by atoms with Crippen molar-refractivity contribution in [1.29, 1.82) is 0 Å². The highest BCUT2D eigenvalue weighted by atomic mass is 35.5. The number of carbonyl (C=O) groups is 1. The lowest BCUT2D eigenvalue weighted by Gasteiger charge is -2.26. The van der Waals surface area contributed by atoms with Crippen molar-refractivity contribution in [3.8, 4) is 0 Å². The Morgan fingerprint density at radius 2 is 2.10 bits per heavy atom. The van der Waals surface area contributed by atoms with E-state index in [2.05, 4.69) is 9.97 Å². The van der Waals surface area contributed by atoms with Gasteiger partial charge in [-0.3, -0.25) is 4.79 Å². The Kier molecular flexibility index (Phi) is 3.32. The highest BCUT2D eigenvalue weighted by Crippen LogP contribution is 2.44. The van der Waals surface area contributed by atoms with Crippen LogP contribution in [0.15, 0.2) is 6.07 Å². The van der Waals surface area contributed by atoms with Crippen molar-refractivity contribution >= 4 is 39.1 Å². The molecule has 7 heteroatoms. The number of thiophene rings is 1. The molecule has 3 heterocycles. The summed E-state index contributed by atoms with van der Waals surface area (Å²) < 4.78 is 6.30. The van der Waals surface area contributed by atoms with Crippen LogP contribution in [0.2, 0.25) is 5.28 Å². The monoisotopic (exact) mass is 323 g/mol. The summed E-state index contributed by atoms with van der Waals surface area (Å²) in [4.78, 5) is 23.7. The number of amides is 1. The molecule has 1 saturated heterocycles. The van der Waals surface area contributed by atoms with Crippen molar-refractivity contribution in [2.24, 2.45) is 0 Å². The third-order valence-corrected chi connectivity index (χ3v) is 5.15. The van der Waals surface area contributed by atoms with Crippen LogP contribution in [-0.2, 0) is 4.74 Å². The summed E-state index contributed by atoms with van der Waals surface area (Å²) in [5.74, 6) is 0.539. The first-order chi connectivity index (χ1) is 10.2. The fraction of sp³-hybridized carbons (Fsp3) is 0.500. The molecule has 21 heavy (non-hydrogen) atoms. The largest absolute Gasteiger partial charge is 0.378 e. The van der Waals surface area contributed by atoms with Crippen LogP contribution < -0.4 is 0 Å². The molecule has 110 valence electrons. The van der Waals surface area contributed by atoms with Gasteiger partial charge in [0.15, 0.2) is 0 Å². The van der Waals surface area contributed by atoms with Gasteiger partial charge in [-0.05, 0) is 30.5 Å². The number of fused-ring (bicyclic) bond motifs is 1. The lowest BCUT2D eigenvalue weighted by molar-refractivity contribution is 0.0306. The van der Waals surface area contributed by atoms with Gasteiger partial charge in [-0.1, -0.05) is 0 Å². The lowest BCUT2D eigenvalue weighted by atomic mass is 10.2. The molecule has 5 nitrogen and oxygen atoms in total. The van der Waals surface area contributed by atoms with E-state index in [-0.39, 0.29) is 11.2 Å². The quantitative estimate of drug-likeness (QED) is 0.797. The fourth-order valence-electron chi connectivity index (χ4n) is 2.58. The first-order valence-electron chi connectivity index (χ1n) is 7.06. The number of morpholine rings is 1. The first kappa shape index (κ1) is 13.4. The van der Waals surface area contributed by atoms with E-state index in [0.717, 1.165) is 28.8 Å². The Hall–Kier alpha value is -1.24. The minimum atomic E-state index is 0.0548. The summed E-state index contributed by atoms with van der Waals surface area (Å²) in [6.45, 7) is 2.51. The number of nitrogens with zero attached hydrogens (tertiary/aromatic N) is 3. The highest BCUT2D eigenvalue weighted by molar-refractivity contribution is 7.21. The fourth-order valence-corrected chi connectivity index (χ4v) is 3.90. The molecule has 0 unspecified atom stereocenters. The number of rotatable bonds is 2. The highest BCUT2D eigenvalue weighted by Gasteiger charge is 2.30. The maximum Gasteiger partial charge on any atom is 0.264 e. The van der Waals surface area contributed by atoms with Crippen LogP contribution in [0, 0.1) is 0 Å². The van der Waals surface area contributed by atoms with Crippen LogP contribution in [0.1, 0.15) is 34.1 Å². The molecule has 0 radical (unpaired) electrons. The van der Waals surface area contributed by atoms with E-state index in [0.29, 0.717) is 37.1 Å². The van der Waals surface area contributed by atoms with Crippen LogP contribution >= 0.6 is 22.9 Å². The maximum atomic E-state index is 12.6. The minimum Gasteiger partial charge on any atom is -0.378 e. The topological polar surface area (TPSA) is 55.3 Å². The van der Waals surface area contributed by atoms with Gasteiger partial charge >= 0.3 is 0 Å². The molecule has 0 aromatic carbocycles. The van der Waals surface area contributed by atoms with Crippen LogP contribution in [0.4, 0.5) is 0 Å². The molecular formula is C14H14ClN3O2S. The normalized spacial score (nSPS) is 19.2. The van der Waals surface area contributed by atoms with Gasteiger partial charge in [0.2, 0.25) is 5.28 Å². The number of ether oxygens (including phenoxy) is 1. The van der Waals surface area contributed by atoms with Gasteiger partial charge in [0.05, 0.1) is 34.0 Å². The third-order valence-electron chi connectivity index (χ3n) is 3.84. The number of aromatic nitrogens is 2. The van der Waals surface area contributed by atoms with Crippen molar-refractivity contribution in [2.45, 2.75) is 18.8 Å². The molecule has 1 aliphatic heterocycles. The van der Waals surface area contributed by atoms with Gasteiger partial charge in [0.1, 0.15) is 0 Å². The van der Waals surface area contributed by atoms with Crippen molar-refractivity contribution < 1.29 is 9.53 Å². The molecule has 2 aliphatic rings. The van der Waals surface area contributed by atoms with Gasteiger partial charge in [-0.15, -0.1) is 11.3 Å². The molecule has 4 rings (SSSR count). The Morgan fingerprint density at radius 1 is 1.33 bits per heavy atom. The lowest BCUT2D eigenvalue weighted by Crippen LogP contribution is -2.40. The van der Waals surface area contributed by atoms with Gasteiger partial charge < -0.3 is 9.64 Å². The average Bonchev–Trinajstić information content (AvgIpc) is 3.26. The minimum absolute atomic E-state index is 0.0548. The molecule has 0 spiro atoms. The van der Waals surface area contributed by atoms with Crippen molar-refractivity contribution in [2.75, 3.05) is 26.3 Å². The number of hydrogen-bond acceptors (Lipinski definition) is 5. The van der Waals surface area contributed by atoms with E-state index >= 15 is 0 Å². The van der Waals surface area contributed by atoms with Gasteiger partial charge in [0.25, 0.3) is 5.91 Å². The smallest absolute Gasteiger partial charge is 0.264 e. The van der Waals surface area contributed by atoms with E-state index in [1.807, 2.05) is 11.0 Å². The predicted molar refractivity (Wildman–Crippen MR) is 81.1 cm³/mol. The predicted octanol–water partition coefficient (Wildman–Crippen LogP) is 2.69. The van der Waals surface area contributed by atoms with E-state index in [1.165, 1.54) is 11.3 Å².